The van der Waals surface area contributed by atoms with Gasteiger partial charge < -0.3 is 9.80 Å². The van der Waals surface area contributed by atoms with Crippen molar-refractivity contribution in [1.82, 2.24) is 9.80 Å². The van der Waals surface area contributed by atoms with Crippen molar-refractivity contribution in [2.45, 2.75) is 0 Å². The molecule has 0 fully saturated rings. The first-order valence-electron chi connectivity index (χ1n) is 4.50. The second-order valence-corrected chi connectivity index (χ2v) is 9.63. The summed E-state index contributed by atoms with van der Waals surface area (Å²) in [5.41, 5.74) is 0. The molecular weight excluding hydrogens is 252 g/mol. The summed E-state index contributed by atoms with van der Waals surface area (Å²) in [4.78, 5) is 4.44. The Morgan fingerprint density at radius 1 is 0.714 bits per heavy atom. The van der Waals surface area contributed by atoms with Gasteiger partial charge >= 0.3 is 0 Å². The van der Waals surface area contributed by atoms with E-state index in [0.717, 1.165) is 0 Å². The van der Waals surface area contributed by atoms with Gasteiger partial charge in [0.2, 0.25) is 0 Å². The number of hydrogen-bond donors (Lipinski definition) is 0. The minimum Gasteiger partial charge on any atom is -0.309 e. The average molecular weight is 273 g/mol. The molecule has 0 aromatic heterocycles. The third kappa shape index (κ3) is 13.3. The van der Waals surface area contributed by atoms with E-state index in [1.165, 1.54) is 24.6 Å². The lowest BCUT2D eigenvalue weighted by molar-refractivity contribution is 0.438. The molecule has 0 aliphatic carbocycles. The molecule has 0 N–H and O–H groups in total. The van der Waals surface area contributed by atoms with Gasteiger partial charge in [0.15, 0.2) is 0 Å². The van der Waals surface area contributed by atoms with E-state index in [1.807, 2.05) is 41.2 Å². The fourth-order valence-corrected chi connectivity index (χ4v) is 6.79. The fraction of sp³-hybridized carbons (Fsp3) is 1.00. The van der Waals surface area contributed by atoms with Gasteiger partial charge in [0.1, 0.15) is 0 Å². The van der Waals surface area contributed by atoms with E-state index in [1.54, 1.807) is 0 Å². The maximum Gasteiger partial charge on any atom is 0.0173 e. The molecule has 86 valence electrons. The van der Waals surface area contributed by atoms with Crippen LogP contribution in [0.4, 0.5) is 0 Å². The molecule has 0 radical (unpaired) electrons. The lowest BCUT2D eigenvalue weighted by Gasteiger charge is -2.08. The first-order valence-corrected chi connectivity index (χ1v) is 9.65. The summed E-state index contributed by atoms with van der Waals surface area (Å²) in [6, 6.07) is 0. The second-order valence-electron chi connectivity index (χ2n) is 3.39. The molecular formula is C8H20N2S4. The summed E-state index contributed by atoms with van der Waals surface area (Å²) in [6.45, 7) is 2.33. The quantitative estimate of drug-likeness (QED) is 0.467. The predicted molar refractivity (Wildman–Crippen MR) is 77.2 cm³/mol. The zero-order valence-electron chi connectivity index (χ0n) is 9.36. The van der Waals surface area contributed by atoms with Crippen LogP contribution in [0, 0.1) is 0 Å². The van der Waals surface area contributed by atoms with E-state index in [-0.39, 0.29) is 0 Å². The van der Waals surface area contributed by atoms with Crippen molar-refractivity contribution in [2.75, 3.05) is 52.8 Å². The van der Waals surface area contributed by atoms with E-state index in [4.69, 9.17) is 0 Å². The van der Waals surface area contributed by atoms with Gasteiger partial charge in [-0.2, -0.15) is 0 Å². The number of hydrogen-bond acceptors (Lipinski definition) is 6. The third-order valence-electron chi connectivity index (χ3n) is 1.37. The molecule has 6 heteroatoms. The van der Waals surface area contributed by atoms with Crippen LogP contribution in [0.2, 0.25) is 0 Å². The molecule has 0 saturated carbocycles. The standard InChI is InChI=1S/C8H20N2S4/c1-9(2)5-7-11-13-14-12-8-6-10(3)4/h5-8H2,1-4H3. The van der Waals surface area contributed by atoms with Crippen LogP contribution in [0.3, 0.4) is 0 Å². The summed E-state index contributed by atoms with van der Waals surface area (Å²) in [5.74, 6) is 2.41. The van der Waals surface area contributed by atoms with Gasteiger partial charge in [0, 0.05) is 24.6 Å². The van der Waals surface area contributed by atoms with Crippen molar-refractivity contribution in [2.24, 2.45) is 0 Å². The van der Waals surface area contributed by atoms with Gasteiger partial charge in [-0.3, -0.25) is 0 Å². The summed E-state index contributed by atoms with van der Waals surface area (Å²) in [7, 11) is 16.1. The maximum atomic E-state index is 2.22. The molecule has 0 heterocycles. The van der Waals surface area contributed by atoms with Crippen molar-refractivity contribution >= 4 is 41.2 Å². The fourth-order valence-electron chi connectivity index (χ4n) is 0.547. The van der Waals surface area contributed by atoms with E-state index in [9.17, 15) is 0 Å². The van der Waals surface area contributed by atoms with Crippen molar-refractivity contribution < 1.29 is 0 Å². The monoisotopic (exact) mass is 272 g/mol. The Labute approximate surface area is 104 Å². The Kier molecular flexibility index (Phi) is 11.8. The Balaban J connectivity index is 2.92. The molecule has 0 unspecified atom stereocenters. The van der Waals surface area contributed by atoms with Crippen LogP contribution in [-0.4, -0.2) is 62.6 Å². The van der Waals surface area contributed by atoms with Crippen molar-refractivity contribution in [1.29, 1.82) is 0 Å². The normalized spacial score (nSPS) is 11.6. The number of rotatable bonds is 9. The molecule has 0 atom stereocenters. The van der Waals surface area contributed by atoms with Crippen LogP contribution >= 0.6 is 41.2 Å². The van der Waals surface area contributed by atoms with E-state index < -0.39 is 0 Å². The zero-order chi connectivity index (χ0) is 10.8. The van der Waals surface area contributed by atoms with Gasteiger partial charge in [0.05, 0.1) is 0 Å². The molecule has 0 spiro atoms. The second kappa shape index (κ2) is 10.8. The minimum absolute atomic E-state index is 1.17. The highest BCUT2D eigenvalue weighted by atomic mass is 33.7. The Bertz CT molecular complexity index is 108. The maximum absolute atomic E-state index is 2.22. The van der Waals surface area contributed by atoms with Crippen LogP contribution in [0.15, 0.2) is 0 Å². The van der Waals surface area contributed by atoms with E-state index in [0.29, 0.717) is 0 Å². The van der Waals surface area contributed by atoms with Crippen molar-refractivity contribution in [3.05, 3.63) is 0 Å². The number of nitrogens with zero attached hydrogens (tertiary/aromatic N) is 2. The molecule has 0 aliphatic heterocycles. The topological polar surface area (TPSA) is 6.48 Å². The largest absolute Gasteiger partial charge is 0.309 e. The lowest BCUT2D eigenvalue weighted by atomic mass is 10.7. The average Bonchev–Trinajstić information content (AvgIpc) is 2.08. The predicted octanol–water partition coefficient (Wildman–Crippen LogP) is 2.79. The van der Waals surface area contributed by atoms with Crippen LogP contribution in [0.1, 0.15) is 0 Å². The first kappa shape index (κ1) is 15.3. The molecule has 0 aromatic carbocycles. The molecule has 0 bridgehead atoms. The summed E-state index contributed by atoms with van der Waals surface area (Å²) in [5, 5.41) is 0. The SMILES string of the molecule is CN(C)CCSSSSCCN(C)C. The summed E-state index contributed by atoms with van der Waals surface area (Å²) >= 11 is 0. The molecule has 2 nitrogen and oxygen atoms in total. The van der Waals surface area contributed by atoms with E-state index in [2.05, 4.69) is 38.0 Å². The van der Waals surface area contributed by atoms with E-state index >= 15 is 0 Å². The molecule has 0 aliphatic rings. The lowest BCUT2D eigenvalue weighted by Crippen LogP contribution is -2.14. The summed E-state index contributed by atoms with van der Waals surface area (Å²) in [6.07, 6.45) is 0. The van der Waals surface area contributed by atoms with Crippen LogP contribution < -0.4 is 0 Å². The highest BCUT2D eigenvalue weighted by molar-refractivity contribution is 9.26. The molecule has 14 heavy (non-hydrogen) atoms. The molecule has 0 amide bonds. The molecule has 0 saturated heterocycles. The molecule has 0 rings (SSSR count). The van der Waals surface area contributed by atoms with Crippen LogP contribution in [-0.2, 0) is 0 Å². The van der Waals surface area contributed by atoms with Gasteiger partial charge in [-0.15, -0.1) is 0 Å². The Morgan fingerprint density at radius 3 is 1.36 bits per heavy atom. The van der Waals surface area contributed by atoms with Crippen LogP contribution in [0.5, 0.6) is 0 Å². The van der Waals surface area contributed by atoms with Crippen molar-refractivity contribution in [3.63, 3.8) is 0 Å². The van der Waals surface area contributed by atoms with Gasteiger partial charge in [-0.05, 0) is 47.8 Å². The van der Waals surface area contributed by atoms with Crippen LogP contribution in [0.25, 0.3) is 0 Å². The third-order valence-corrected chi connectivity index (χ3v) is 7.79. The van der Waals surface area contributed by atoms with Gasteiger partial charge in [0.25, 0.3) is 0 Å². The Hall–Kier alpha value is 1.32. The first-order chi connectivity index (χ1) is 6.63. The van der Waals surface area contributed by atoms with Crippen molar-refractivity contribution in [3.8, 4) is 0 Å². The Morgan fingerprint density at radius 2 is 1.07 bits per heavy atom. The van der Waals surface area contributed by atoms with Gasteiger partial charge in [-0.25, -0.2) is 0 Å². The smallest absolute Gasteiger partial charge is 0.0173 e. The highest BCUT2D eigenvalue weighted by Crippen LogP contribution is 2.42. The zero-order valence-corrected chi connectivity index (χ0v) is 12.6. The minimum atomic E-state index is 1.17. The highest BCUT2D eigenvalue weighted by Gasteiger charge is 1.95. The van der Waals surface area contributed by atoms with Gasteiger partial charge in [-0.1, -0.05) is 21.6 Å². The molecule has 0 aromatic rings. The summed E-state index contributed by atoms with van der Waals surface area (Å²) < 4.78 is 0.